The monoisotopic (exact) mass is 399 g/mol. The van der Waals surface area contributed by atoms with E-state index in [1.54, 1.807) is 22.9 Å². The van der Waals surface area contributed by atoms with E-state index in [4.69, 9.17) is 16.9 Å². The molecule has 1 N–H and O–H groups in total. The van der Waals surface area contributed by atoms with E-state index in [1.807, 2.05) is 18.2 Å². The molecule has 3 rings (SSSR count). The number of carbonyl (C=O) groups is 2. The standard InChI is InChI=1S/C20H22ClN5O2/c1-2-3-4-16-12-25(13-19(27)23-10-9-22)20(28)18-11-17(24-26(16)18)14-5-7-15(21)8-6-14/h5-8,11,16H,2-4,10,12-13H2,1H3,(H,23,27). The number of carbonyl (C=O) groups excluding carboxylic acids is 2. The van der Waals surface area contributed by atoms with Gasteiger partial charge in [-0.2, -0.15) is 10.4 Å². The molecule has 28 heavy (non-hydrogen) atoms. The molecule has 0 fully saturated rings. The molecule has 2 aromatic rings. The number of nitrogens with one attached hydrogen (secondary N) is 1. The van der Waals surface area contributed by atoms with Crippen LogP contribution in [0.2, 0.25) is 5.02 Å². The van der Waals surface area contributed by atoms with Crippen LogP contribution in [-0.4, -0.2) is 46.1 Å². The predicted octanol–water partition coefficient (Wildman–Crippen LogP) is 3.03. The third kappa shape index (κ3) is 4.34. The molecule has 8 heteroatoms. The number of aromatic nitrogens is 2. The summed E-state index contributed by atoms with van der Waals surface area (Å²) in [7, 11) is 0. The summed E-state index contributed by atoms with van der Waals surface area (Å²) in [6.45, 7) is 2.40. The number of hydrogen-bond donors (Lipinski definition) is 1. The summed E-state index contributed by atoms with van der Waals surface area (Å²) in [6, 6.07) is 11.0. The Bertz CT molecular complexity index is 900. The maximum atomic E-state index is 12.9. The molecule has 2 amide bonds. The van der Waals surface area contributed by atoms with E-state index in [0.29, 0.717) is 23.0 Å². The number of nitriles is 1. The van der Waals surface area contributed by atoms with Gasteiger partial charge in [0.1, 0.15) is 12.2 Å². The number of unbranched alkanes of at least 4 members (excludes halogenated alkanes) is 1. The van der Waals surface area contributed by atoms with Crippen LogP contribution in [0.3, 0.4) is 0 Å². The van der Waals surface area contributed by atoms with Crippen molar-refractivity contribution in [1.29, 1.82) is 5.26 Å². The van der Waals surface area contributed by atoms with Crippen molar-refractivity contribution in [1.82, 2.24) is 20.0 Å². The molecular formula is C20H22ClN5O2. The molecule has 1 aromatic carbocycles. The first-order chi connectivity index (χ1) is 13.5. The van der Waals surface area contributed by atoms with Gasteiger partial charge in [0.05, 0.1) is 24.3 Å². The van der Waals surface area contributed by atoms with E-state index in [2.05, 4.69) is 17.3 Å². The van der Waals surface area contributed by atoms with Crippen molar-refractivity contribution in [3.63, 3.8) is 0 Å². The Labute approximate surface area is 168 Å². The van der Waals surface area contributed by atoms with Crippen molar-refractivity contribution in [3.8, 4) is 17.3 Å². The first-order valence-corrected chi connectivity index (χ1v) is 9.69. The second kappa shape index (κ2) is 8.89. The lowest BCUT2D eigenvalue weighted by Gasteiger charge is -2.33. The number of benzene rings is 1. The molecule has 1 aliphatic heterocycles. The normalized spacial score (nSPS) is 15.8. The van der Waals surface area contributed by atoms with Gasteiger partial charge in [-0.1, -0.05) is 43.5 Å². The highest BCUT2D eigenvalue weighted by molar-refractivity contribution is 6.30. The highest BCUT2D eigenvalue weighted by Crippen LogP contribution is 2.29. The fraction of sp³-hybridized carbons (Fsp3) is 0.400. The zero-order chi connectivity index (χ0) is 20.1. The molecule has 0 bridgehead atoms. The van der Waals surface area contributed by atoms with E-state index in [-0.39, 0.29) is 30.9 Å². The van der Waals surface area contributed by atoms with E-state index in [9.17, 15) is 9.59 Å². The Balaban J connectivity index is 1.89. The topological polar surface area (TPSA) is 91.0 Å². The lowest BCUT2D eigenvalue weighted by molar-refractivity contribution is -0.121. The minimum atomic E-state index is -0.338. The minimum Gasteiger partial charge on any atom is -0.341 e. The Morgan fingerprint density at radius 3 is 2.82 bits per heavy atom. The number of nitrogens with zero attached hydrogens (tertiary/aromatic N) is 4. The SMILES string of the molecule is CCCCC1CN(CC(=O)NCC#N)C(=O)c2cc(-c3ccc(Cl)cc3)nn21. The zero-order valence-electron chi connectivity index (χ0n) is 15.7. The Hall–Kier alpha value is -2.85. The highest BCUT2D eigenvalue weighted by Gasteiger charge is 2.33. The summed E-state index contributed by atoms with van der Waals surface area (Å²) < 4.78 is 1.80. The number of halogens is 1. The van der Waals surface area contributed by atoms with E-state index in [0.717, 1.165) is 24.8 Å². The third-order valence-corrected chi connectivity index (χ3v) is 5.00. The van der Waals surface area contributed by atoms with Crippen molar-refractivity contribution < 1.29 is 9.59 Å². The molecule has 0 saturated heterocycles. The number of hydrogen-bond acceptors (Lipinski definition) is 4. The highest BCUT2D eigenvalue weighted by atomic mass is 35.5. The minimum absolute atomic E-state index is 0.0115. The Morgan fingerprint density at radius 2 is 2.14 bits per heavy atom. The van der Waals surface area contributed by atoms with Gasteiger partial charge in [0.25, 0.3) is 5.91 Å². The summed E-state index contributed by atoms with van der Waals surface area (Å²) in [4.78, 5) is 26.5. The van der Waals surface area contributed by atoms with Crippen LogP contribution in [0.1, 0.15) is 42.7 Å². The van der Waals surface area contributed by atoms with Crippen molar-refractivity contribution in [2.45, 2.75) is 32.2 Å². The molecule has 1 unspecified atom stereocenters. The fourth-order valence-electron chi connectivity index (χ4n) is 3.33. The predicted molar refractivity (Wildman–Crippen MR) is 106 cm³/mol. The van der Waals surface area contributed by atoms with Gasteiger partial charge < -0.3 is 10.2 Å². The molecule has 1 atom stereocenters. The van der Waals surface area contributed by atoms with E-state index in [1.165, 1.54) is 4.90 Å². The number of amides is 2. The molecule has 1 aliphatic rings. The molecule has 7 nitrogen and oxygen atoms in total. The van der Waals surface area contributed by atoms with Crippen LogP contribution >= 0.6 is 11.6 Å². The summed E-state index contributed by atoms with van der Waals surface area (Å²) in [5, 5.41) is 16.4. The molecule has 0 spiro atoms. The molecule has 1 aromatic heterocycles. The van der Waals surface area contributed by atoms with Gasteiger partial charge in [-0.3, -0.25) is 14.3 Å². The maximum Gasteiger partial charge on any atom is 0.272 e. The van der Waals surface area contributed by atoms with Gasteiger partial charge in [-0.15, -0.1) is 0 Å². The second-order valence-electron chi connectivity index (χ2n) is 6.78. The van der Waals surface area contributed by atoms with Crippen molar-refractivity contribution in [2.75, 3.05) is 19.6 Å². The first-order valence-electron chi connectivity index (χ1n) is 9.32. The van der Waals surface area contributed by atoms with Gasteiger partial charge in [0.15, 0.2) is 0 Å². The van der Waals surface area contributed by atoms with Crippen molar-refractivity contribution in [3.05, 3.63) is 41.0 Å². The van der Waals surface area contributed by atoms with E-state index < -0.39 is 0 Å². The van der Waals surface area contributed by atoms with Gasteiger partial charge in [0, 0.05) is 17.1 Å². The first kappa shape index (κ1) is 19.9. The van der Waals surface area contributed by atoms with Gasteiger partial charge >= 0.3 is 0 Å². The molecule has 0 aliphatic carbocycles. The van der Waals surface area contributed by atoms with Gasteiger partial charge in [-0.25, -0.2) is 0 Å². The molecule has 146 valence electrons. The second-order valence-corrected chi connectivity index (χ2v) is 7.22. The van der Waals surface area contributed by atoms with Crippen LogP contribution < -0.4 is 5.32 Å². The van der Waals surface area contributed by atoms with Crippen LogP contribution in [0.15, 0.2) is 30.3 Å². The fourth-order valence-corrected chi connectivity index (χ4v) is 3.45. The van der Waals surface area contributed by atoms with Crippen molar-refractivity contribution >= 4 is 23.4 Å². The quantitative estimate of drug-likeness (QED) is 0.724. The summed E-state index contributed by atoms with van der Waals surface area (Å²) >= 11 is 5.96. The van der Waals surface area contributed by atoms with Crippen LogP contribution in [0.5, 0.6) is 0 Å². The molecule has 0 saturated carbocycles. The third-order valence-electron chi connectivity index (χ3n) is 4.75. The largest absolute Gasteiger partial charge is 0.341 e. The van der Waals surface area contributed by atoms with Crippen LogP contribution in [0.4, 0.5) is 0 Å². The average Bonchev–Trinajstić information content (AvgIpc) is 3.14. The summed E-state index contributed by atoms with van der Waals surface area (Å²) in [6.07, 6.45) is 2.91. The van der Waals surface area contributed by atoms with E-state index >= 15 is 0 Å². The smallest absolute Gasteiger partial charge is 0.272 e. The lowest BCUT2D eigenvalue weighted by Crippen LogP contribution is -2.47. The summed E-state index contributed by atoms with van der Waals surface area (Å²) in [5.74, 6) is -0.567. The van der Waals surface area contributed by atoms with Crippen LogP contribution in [0, 0.1) is 11.3 Å². The van der Waals surface area contributed by atoms with Gasteiger partial charge in [0.2, 0.25) is 5.91 Å². The van der Waals surface area contributed by atoms with Crippen molar-refractivity contribution in [2.24, 2.45) is 0 Å². The maximum absolute atomic E-state index is 12.9. The Kier molecular flexibility index (Phi) is 6.32. The number of fused-ring (bicyclic) bond motifs is 1. The molecular weight excluding hydrogens is 378 g/mol. The zero-order valence-corrected chi connectivity index (χ0v) is 16.4. The molecule has 0 radical (unpaired) electrons. The van der Waals surface area contributed by atoms with Crippen LogP contribution in [0.25, 0.3) is 11.3 Å². The average molecular weight is 400 g/mol. The summed E-state index contributed by atoms with van der Waals surface area (Å²) in [5.41, 5.74) is 2.06. The molecule has 2 heterocycles. The van der Waals surface area contributed by atoms with Crippen LogP contribution in [-0.2, 0) is 4.79 Å². The lowest BCUT2D eigenvalue weighted by atomic mass is 10.1. The van der Waals surface area contributed by atoms with Gasteiger partial charge in [-0.05, 0) is 24.6 Å². The Morgan fingerprint density at radius 1 is 1.39 bits per heavy atom. The number of rotatable bonds is 7.